The molecule has 0 fully saturated rings. The van der Waals surface area contributed by atoms with Crippen LogP contribution in [0.4, 0.5) is 0 Å². The summed E-state index contributed by atoms with van der Waals surface area (Å²) in [4.78, 5) is 10.7. The first-order valence-corrected chi connectivity index (χ1v) is 5.99. The average molecular weight is 269 g/mol. The van der Waals surface area contributed by atoms with E-state index in [2.05, 4.69) is 10.3 Å². The number of carbonyl (C=O) groups is 1. The van der Waals surface area contributed by atoms with E-state index in [4.69, 9.17) is 9.63 Å². The maximum atomic E-state index is 10.7. The average Bonchev–Trinajstić information content (AvgIpc) is 3.08. The third-order valence-corrected chi connectivity index (χ3v) is 2.84. The van der Waals surface area contributed by atoms with Crippen molar-refractivity contribution < 1.29 is 14.4 Å². The van der Waals surface area contributed by atoms with E-state index in [0.717, 1.165) is 11.1 Å². The highest BCUT2D eigenvalue weighted by Gasteiger charge is 2.13. The van der Waals surface area contributed by atoms with Crippen LogP contribution in [0.25, 0.3) is 11.3 Å². The Morgan fingerprint density at radius 3 is 2.80 bits per heavy atom. The zero-order valence-electron chi connectivity index (χ0n) is 10.4. The number of carboxylic acids is 1. The van der Waals surface area contributed by atoms with E-state index in [9.17, 15) is 4.79 Å². The molecule has 0 saturated carbocycles. The highest BCUT2D eigenvalue weighted by molar-refractivity contribution is 5.85. The van der Waals surface area contributed by atoms with Gasteiger partial charge in [0.25, 0.3) is 0 Å². The summed E-state index contributed by atoms with van der Waals surface area (Å²) in [5.41, 5.74) is 2.31. The normalized spacial score (nSPS) is 10.6. The van der Waals surface area contributed by atoms with Crippen molar-refractivity contribution in [2.75, 3.05) is 0 Å². The predicted octanol–water partition coefficient (Wildman–Crippen LogP) is 2.28. The fraction of sp³-hybridized carbons (Fsp3) is 0.0714. The number of aromatic nitrogens is 3. The number of rotatable bonds is 4. The fourth-order valence-corrected chi connectivity index (χ4v) is 1.86. The van der Waals surface area contributed by atoms with Crippen LogP contribution < -0.4 is 0 Å². The molecule has 0 spiro atoms. The molecule has 0 bridgehead atoms. The maximum absolute atomic E-state index is 10.7. The van der Waals surface area contributed by atoms with E-state index in [0.29, 0.717) is 12.2 Å². The second-order valence-electron chi connectivity index (χ2n) is 4.29. The minimum Gasteiger partial charge on any atom is -0.475 e. The molecule has 2 heterocycles. The molecule has 0 aliphatic heterocycles. The molecule has 0 saturated heterocycles. The van der Waals surface area contributed by atoms with Crippen molar-refractivity contribution in [3.05, 3.63) is 60.1 Å². The monoisotopic (exact) mass is 269 g/mol. The Morgan fingerprint density at radius 2 is 2.10 bits per heavy atom. The third kappa shape index (κ3) is 2.44. The minimum absolute atomic E-state index is 0.184. The highest BCUT2D eigenvalue weighted by Crippen LogP contribution is 2.18. The molecule has 0 atom stereocenters. The predicted molar refractivity (Wildman–Crippen MR) is 70.2 cm³/mol. The van der Waals surface area contributed by atoms with Crippen molar-refractivity contribution in [3.8, 4) is 11.3 Å². The van der Waals surface area contributed by atoms with Crippen molar-refractivity contribution in [2.24, 2.45) is 0 Å². The molecule has 3 rings (SSSR count). The molecule has 1 N–H and O–H groups in total. The van der Waals surface area contributed by atoms with Gasteiger partial charge in [0.15, 0.2) is 0 Å². The van der Waals surface area contributed by atoms with Crippen LogP contribution in [0.2, 0.25) is 0 Å². The van der Waals surface area contributed by atoms with E-state index < -0.39 is 5.97 Å². The summed E-state index contributed by atoms with van der Waals surface area (Å²) in [6.07, 6.45) is 3.43. The molecule has 0 unspecified atom stereocenters. The first-order chi connectivity index (χ1) is 9.72. The smallest absolute Gasteiger partial charge is 0.374 e. The van der Waals surface area contributed by atoms with Crippen LogP contribution in [0.15, 0.2) is 53.3 Å². The summed E-state index contributed by atoms with van der Waals surface area (Å²) >= 11 is 0. The second kappa shape index (κ2) is 5.00. The van der Waals surface area contributed by atoms with Gasteiger partial charge in [-0.1, -0.05) is 35.5 Å². The van der Waals surface area contributed by atoms with Crippen LogP contribution in [-0.2, 0) is 6.54 Å². The Balaban J connectivity index is 1.81. The van der Waals surface area contributed by atoms with Gasteiger partial charge in [0, 0.05) is 17.8 Å². The molecule has 100 valence electrons. The lowest BCUT2D eigenvalue weighted by atomic mass is 10.2. The van der Waals surface area contributed by atoms with Crippen molar-refractivity contribution in [1.29, 1.82) is 0 Å². The number of benzene rings is 1. The van der Waals surface area contributed by atoms with Gasteiger partial charge in [0.1, 0.15) is 5.69 Å². The number of carboxylic acid groups (broad SMARTS) is 1. The summed E-state index contributed by atoms with van der Waals surface area (Å²) in [5, 5.41) is 16.7. The molecule has 6 heteroatoms. The quantitative estimate of drug-likeness (QED) is 0.785. The van der Waals surface area contributed by atoms with Crippen LogP contribution in [-0.4, -0.2) is 26.0 Å². The number of hydrogen-bond donors (Lipinski definition) is 1. The van der Waals surface area contributed by atoms with Gasteiger partial charge in [-0.25, -0.2) is 4.79 Å². The van der Waals surface area contributed by atoms with Gasteiger partial charge in [-0.05, 0) is 5.56 Å². The van der Waals surface area contributed by atoms with Gasteiger partial charge >= 0.3 is 5.97 Å². The molecule has 1 aromatic carbocycles. The topological polar surface area (TPSA) is 81.1 Å². The summed E-state index contributed by atoms with van der Waals surface area (Å²) in [6.45, 7) is 0.643. The van der Waals surface area contributed by atoms with Crippen LogP contribution in [0.3, 0.4) is 0 Å². The van der Waals surface area contributed by atoms with E-state index in [1.165, 1.54) is 6.07 Å². The molecule has 0 amide bonds. The molecular formula is C14H11N3O3. The van der Waals surface area contributed by atoms with E-state index >= 15 is 0 Å². The van der Waals surface area contributed by atoms with Crippen LogP contribution in [0.5, 0.6) is 0 Å². The van der Waals surface area contributed by atoms with Gasteiger partial charge in [-0.3, -0.25) is 4.68 Å². The molecule has 0 aliphatic carbocycles. The number of aromatic carboxylic acids is 1. The molecule has 0 aliphatic rings. The maximum Gasteiger partial charge on any atom is 0.374 e. The Labute approximate surface area is 114 Å². The van der Waals surface area contributed by atoms with Crippen molar-refractivity contribution >= 4 is 5.97 Å². The summed E-state index contributed by atoms with van der Waals surface area (Å²) in [7, 11) is 0. The lowest BCUT2D eigenvalue weighted by Gasteiger charge is -2.00. The van der Waals surface area contributed by atoms with Crippen molar-refractivity contribution in [2.45, 2.75) is 6.54 Å². The molecule has 3 aromatic rings. The molecular weight excluding hydrogens is 258 g/mol. The Morgan fingerprint density at radius 1 is 1.30 bits per heavy atom. The molecule has 0 radical (unpaired) electrons. The lowest BCUT2D eigenvalue weighted by molar-refractivity contribution is 0.0652. The van der Waals surface area contributed by atoms with Gasteiger partial charge in [0.2, 0.25) is 5.76 Å². The second-order valence-corrected chi connectivity index (χ2v) is 4.29. The largest absolute Gasteiger partial charge is 0.475 e. The zero-order chi connectivity index (χ0) is 13.9. The highest BCUT2D eigenvalue weighted by atomic mass is 16.5. The first kappa shape index (κ1) is 12.2. The zero-order valence-corrected chi connectivity index (χ0v) is 10.4. The van der Waals surface area contributed by atoms with Gasteiger partial charge in [-0.15, -0.1) is 0 Å². The number of nitrogens with zero attached hydrogens (tertiary/aromatic N) is 3. The van der Waals surface area contributed by atoms with Crippen molar-refractivity contribution in [1.82, 2.24) is 14.9 Å². The van der Waals surface area contributed by atoms with Crippen LogP contribution in [0, 0.1) is 0 Å². The van der Waals surface area contributed by atoms with E-state index in [-0.39, 0.29) is 5.76 Å². The first-order valence-electron chi connectivity index (χ1n) is 5.99. The lowest BCUT2D eigenvalue weighted by Crippen LogP contribution is -1.99. The van der Waals surface area contributed by atoms with Gasteiger partial charge < -0.3 is 9.63 Å². The number of hydrogen-bond acceptors (Lipinski definition) is 4. The molecule has 6 nitrogen and oxygen atoms in total. The summed E-state index contributed by atoms with van der Waals surface area (Å²) in [6, 6.07) is 11.3. The van der Waals surface area contributed by atoms with Crippen molar-refractivity contribution in [3.63, 3.8) is 0 Å². The Bertz CT molecular complexity index is 731. The van der Waals surface area contributed by atoms with Gasteiger partial charge in [-0.2, -0.15) is 5.10 Å². The molecule has 2 aromatic heterocycles. The standard InChI is InChI=1S/C14H11N3O3/c18-14(19)13-6-12(16-20-13)11-7-15-17(9-11)8-10-4-2-1-3-5-10/h1-7,9H,8H2,(H,18,19). The Hall–Kier alpha value is -2.89. The van der Waals surface area contributed by atoms with Crippen LogP contribution in [0.1, 0.15) is 16.1 Å². The van der Waals surface area contributed by atoms with E-state index in [1.54, 1.807) is 17.1 Å². The minimum atomic E-state index is -1.14. The van der Waals surface area contributed by atoms with Gasteiger partial charge in [0.05, 0.1) is 12.7 Å². The SMILES string of the molecule is O=C(O)c1cc(-c2cnn(Cc3ccccc3)c2)no1. The van der Waals surface area contributed by atoms with Crippen LogP contribution >= 0.6 is 0 Å². The fourth-order valence-electron chi connectivity index (χ4n) is 1.86. The summed E-state index contributed by atoms with van der Waals surface area (Å²) in [5.74, 6) is -1.32. The summed E-state index contributed by atoms with van der Waals surface area (Å²) < 4.78 is 6.49. The third-order valence-electron chi connectivity index (χ3n) is 2.84. The van der Waals surface area contributed by atoms with E-state index in [1.807, 2.05) is 30.3 Å². The Kier molecular flexibility index (Phi) is 3.04. The molecule has 20 heavy (non-hydrogen) atoms.